The van der Waals surface area contributed by atoms with Crippen LogP contribution in [-0.4, -0.2) is 47.9 Å². The van der Waals surface area contributed by atoms with Gasteiger partial charge in [0.1, 0.15) is 18.3 Å². The second-order valence-corrected chi connectivity index (χ2v) is 21.2. The third kappa shape index (κ3) is 7.33. The lowest BCUT2D eigenvalue weighted by molar-refractivity contribution is -0.251. The molecule has 0 aromatic heterocycles. The molecule has 7 nitrogen and oxygen atoms in total. The molecule has 0 aliphatic heterocycles. The summed E-state index contributed by atoms with van der Waals surface area (Å²) in [6.45, 7) is 29.4. The topological polar surface area (TPSA) is 99.1 Å². The van der Waals surface area contributed by atoms with Crippen LogP contribution in [0.15, 0.2) is 12.2 Å². The van der Waals surface area contributed by atoms with E-state index in [-0.39, 0.29) is 64.6 Å². The van der Waals surface area contributed by atoms with Crippen molar-refractivity contribution in [3.05, 3.63) is 12.2 Å². The number of rotatable bonds is 11. The fourth-order valence-corrected chi connectivity index (χ4v) is 13.8. The molecule has 0 saturated heterocycles. The van der Waals surface area contributed by atoms with E-state index in [0.29, 0.717) is 36.2 Å². The second-order valence-electron chi connectivity index (χ2n) is 21.2. The molecule has 0 spiro atoms. The molecule has 0 radical (unpaired) electrons. The zero-order valence-corrected chi connectivity index (χ0v) is 34.2. The maximum atomic E-state index is 13.2. The van der Waals surface area contributed by atoms with Crippen molar-refractivity contribution in [1.82, 2.24) is 0 Å². The maximum absolute atomic E-state index is 13.2. The number of carbonyl (C=O) groups is 3. The highest BCUT2D eigenvalue weighted by Gasteiger charge is 2.71. The van der Waals surface area contributed by atoms with Gasteiger partial charge in [0.15, 0.2) is 0 Å². The highest BCUT2D eigenvalue weighted by atomic mass is 16.6. The summed E-state index contributed by atoms with van der Waals surface area (Å²) in [6, 6.07) is 0. The third-order valence-corrected chi connectivity index (χ3v) is 16.1. The minimum Gasteiger partial charge on any atom is -0.481 e. The first-order valence-electron chi connectivity index (χ1n) is 20.3. The van der Waals surface area contributed by atoms with Crippen LogP contribution in [0.1, 0.15) is 160 Å². The Bertz CT molecular complexity index is 1360. The van der Waals surface area contributed by atoms with E-state index < -0.39 is 17.0 Å². The average molecular weight is 713 g/mol. The summed E-state index contributed by atoms with van der Waals surface area (Å²) in [6.07, 6.45) is 12.6. The van der Waals surface area contributed by atoms with Gasteiger partial charge in [-0.3, -0.25) is 9.59 Å². The van der Waals surface area contributed by atoms with E-state index in [4.69, 9.17) is 14.2 Å². The van der Waals surface area contributed by atoms with Crippen molar-refractivity contribution < 1.29 is 33.7 Å². The van der Waals surface area contributed by atoms with Crippen molar-refractivity contribution >= 4 is 17.9 Å². The van der Waals surface area contributed by atoms with Crippen LogP contribution in [-0.2, 0) is 28.6 Å². The summed E-state index contributed by atoms with van der Waals surface area (Å²) < 4.78 is 17.8. The van der Waals surface area contributed by atoms with Gasteiger partial charge in [-0.15, -0.1) is 0 Å². The van der Waals surface area contributed by atoms with E-state index >= 15 is 0 Å². The Morgan fingerprint density at radius 1 is 0.784 bits per heavy atom. The normalized spacial score (nSPS) is 40.2. The van der Waals surface area contributed by atoms with Crippen molar-refractivity contribution in [2.45, 2.75) is 171 Å². The zero-order valence-electron chi connectivity index (χ0n) is 34.2. The van der Waals surface area contributed by atoms with Crippen molar-refractivity contribution in [3.63, 3.8) is 0 Å². The van der Waals surface area contributed by atoms with Crippen molar-refractivity contribution in [2.24, 2.45) is 62.1 Å². The van der Waals surface area contributed by atoms with Crippen molar-refractivity contribution in [3.8, 4) is 0 Å². The van der Waals surface area contributed by atoms with E-state index in [2.05, 4.69) is 48.1 Å². The number of ether oxygens (including phenoxy) is 3. The standard InChI is InChI=1S/C44H72O7/c1-28(2)29-15-20-44(23-24-49-27-36(48)51-38(3,4)5)22-21-42(11)30(37(29)44)13-14-32-41(10)18-17-33(40(8,9)31(41)16-19-43(32,42)12)50-35(47)26-39(6,7)25-34(45)46/h29-33,37H,1,13-27H2,2-12H3,(H,45,46)/t29-,30+,31-,32+,33-,37+,41-,42+,43+,44+/m0/s1. The number of hydrogen-bond acceptors (Lipinski definition) is 6. The lowest BCUT2D eigenvalue weighted by Gasteiger charge is -2.73. The van der Waals surface area contributed by atoms with E-state index in [1.165, 1.54) is 50.5 Å². The van der Waals surface area contributed by atoms with E-state index in [1.807, 2.05) is 34.6 Å². The molecule has 0 heterocycles. The monoisotopic (exact) mass is 713 g/mol. The number of esters is 2. The summed E-state index contributed by atoms with van der Waals surface area (Å²) in [5.41, 5.74) is 0.899. The van der Waals surface area contributed by atoms with E-state index in [0.717, 1.165) is 25.7 Å². The molecule has 0 aromatic carbocycles. The Balaban J connectivity index is 1.33. The number of carbonyl (C=O) groups excluding carboxylic acids is 2. The first-order chi connectivity index (χ1) is 23.4. The molecule has 290 valence electrons. The number of carboxylic acid groups (broad SMARTS) is 1. The summed E-state index contributed by atoms with van der Waals surface area (Å²) in [7, 11) is 0. The predicted octanol–water partition coefficient (Wildman–Crippen LogP) is 10.2. The quantitative estimate of drug-likeness (QED) is 0.129. The van der Waals surface area contributed by atoms with Crippen LogP contribution in [0.4, 0.5) is 0 Å². The van der Waals surface area contributed by atoms with Gasteiger partial charge >= 0.3 is 17.9 Å². The van der Waals surface area contributed by atoms with Gasteiger partial charge in [-0.25, -0.2) is 4.79 Å². The third-order valence-electron chi connectivity index (χ3n) is 16.1. The molecule has 51 heavy (non-hydrogen) atoms. The van der Waals surface area contributed by atoms with Crippen LogP contribution in [0.5, 0.6) is 0 Å². The maximum Gasteiger partial charge on any atom is 0.332 e. The van der Waals surface area contributed by atoms with Gasteiger partial charge in [-0.1, -0.05) is 60.6 Å². The van der Waals surface area contributed by atoms with E-state index in [1.54, 1.807) is 0 Å². The number of hydrogen-bond donors (Lipinski definition) is 1. The van der Waals surface area contributed by atoms with Gasteiger partial charge in [-0.2, -0.15) is 0 Å². The van der Waals surface area contributed by atoms with Crippen LogP contribution in [0, 0.1) is 62.1 Å². The zero-order chi connectivity index (χ0) is 38.0. The molecule has 5 aliphatic rings. The van der Waals surface area contributed by atoms with Crippen LogP contribution in [0.25, 0.3) is 0 Å². The van der Waals surface area contributed by atoms with Gasteiger partial charge in [0.25, 0.3) is 0 Å². The first-order valence-corrected chi connectivity index (χ1v) is 20.3. The molecule has 0 aromatic rings. The van der Waals surface area contributed by atoms with Gasteiger partial charge < -0.3 is 19.3 Å². The predicted molar refractivity (Wildman–Crippen MR) is 201 cm³/mol. The number of allylic oxidation sites excluding steroid dienone is 1. The number of fused-ring (bicyclic) bond motifs is 7. The molecule has 0 amide bonds. The Kier molecular flexibility index (Phi) is 10.9. The van der Waals surface area contributed by atoms with Crippen molar-refractivity contribution in [1.29, 1.82) is 0 Å². The Morgan fingerprint density at radius 3 is 2.10 bits per heavy atom. The fraction of sp³-hybridized carbons (Fsp3) is 0.886. The Morgan fingerprint density at radius 2 is 1.47 bits per heavy atom. The smallest absolute Gasteiger partial charge is 0.332 e. The molecule has 0 unspecified atom stereocenters. The Labute approximate surface area is 309 Å². The van der Waals surface area contributed by atoms with Gasteiger partial charge in [0, 0.05) is 12.0 Å². The van der Waals surface area contributed by atoms with Gasteiger partial charge in [-0.05, 0) is 155 Å². The highest BCUT2D eigenvalue weighted by Crippen LogP contribution is 2.78. The minimum absolute atomic E-state index is 0.0156. The molecular weight excluding hydrogens is 640 g/mol. The molecule has 0 bridgehead atoms. The lowest BCUT2D eigenvalue weighted by Crippen LogP contribution is -2.66. The molecule has 5 aliphatic carbocycles. The SMILES string of the molecule is C=C(C)[C@@H]1CC[C@]2(CCOCC(=O)OC(C)(C)C)CC[C@]3(C)[C@H](CC[C@@H]4[C@@]5(C)CC[C@H](OC(=O)CC(C)(C)CC(=O)O)C(C)(C)[C@@H]5CC[C@]43C)[C@@H]12. The van der Waals surface area contributed by atoms with Crippen molar-refractivity contribution in [2.75, 3.05) is 13.2 Å². The van der Waals surface area contributed by atoms with Crippen LogP contribution in [0.2, 0.25) is 0 Å². The second kappa shape index (κ2) is 13.8. The molecular formula is C44H72O7. The lowest BCUT2D eigenvalue weighted by atomic mass is 9.32. The number of aliphatic carboxylic acids is 1. The summed E-state index contributed by atoms with van der Waals surface area (Å²) >= 11 is 0. The summed E-state index contributed by atoms with van der Waals surface area (Å²) in [5.74, 6) is 1.42. The molecule has 5 rings (SSSR count). The van der Waals surface area contributed by atoms with E-state index in [9.17, 15) is 19.5 Å². The highest BCUT2D eigenvalue weighted by molar-refractivity contribution is 5.73. The number of carboxylic acids is 1. The molecule has 1 N–H and O–H groups in total. The van der Waals surface area contributed by atoms with Gasteiger partial charge in [0.2, 0.25) is 0 Å². The molecule has 5 saturated carbocycles. The largest absolute Gasteiger partial charge is 0.481 e. The molecule has 5 fully saturated rings. The first kappa shape index (κ1) is 40.3. The molecule has 7 heteroatoms. The fourth-order valence-electron chi connectivity index (χ4n) is 13.8. The molecule has 10 atom stereocenters. The summed E-state index contributed by atoms with van der Waals surface area (Å²) in [4.78, 5) is 37.0. The average Bonchev–Trinajstić information content (AvgIpc) is 3.35. The van der Waals surface area contributed by atoms with Crippen LogP contribution in [0.3, 0.4) is 0 Å². The van der Waals surface area contributed by atoms with Crippen LogP contribution < -0.4 is 0 Å². The Hall–Kier alpha value is -1.89. The minimum atomic E-state index is -0.883. The summed E-state index contributed by atoms with van der Waals surface area (Å²) in [5, 5.41) is 9.34. The van der Waals surface area contributed by atoms with Gasteiger partial charge in [0.05, 0.1) is 12.8 Å². The van der Waals surface area contributed by atoms with Crippen LogP contribution >= 0.6 is 0 Å².